The normalized spacial score (nSPS) is 10.1. The number of anilines is 1. The van der Waals surface area contributed by atoms with Crippen LogP contribution >= 0.6 is 11.6 Å². The molecule has 6 heteroatoms. The molecule has 2 aromatic rings. The van der Waals surface area contributed by atoms with Gasteiger partial charge >= 0.3 is 0 Å². The molecule has 2 N–H and O–H groups in total. The van der Waals surface area contributed by atoms with Crippen molar-refractivity contribution in [2.45, 2.75) is 0 Å². The van der Waals surface area contributed by atoms with Crippen molar-refractivity contribution in [2.24, 2.45) is 0 Å². The Hall–Kier alpha value is -2.14. The van der Waals surface area contributed by atoms with Crippen molar-refractivity contribution in [2.75, 3.05) is 5.32 Å². The zero-order valence-corrected chi connectivity index (χ0v) is 9.78. The number of phenols is 1. The second kappa shape index (κ2) is 5.01. The smallest absolute Gasteiger partial charge is 0.260 e. The lowest BCUT2D eigenvalue weighted by Gasteiger charge is -2.06. The Bertz CT molecular complexity index is 604. The molecule has 0 fully saturated rings. The summed E-state index contributed by atoms with van der Waals surface area (Å²) in [7, 11) is 0. The molecule has 2 rings (SSSR count). The maximum Gasteiger partial charge on any atom is 0.260 e. The number of hydrogen-bond acceptors (Lipinski definition) is 3. The number of carbonyl (C=O) groups excluding carboxylic acids is 1. The van der Waals surface area contributed by atoms with Crippen LogP contribution in [-0.4, -0.2) is 16.0 Å². The van der Waals surface area contributed by atoms with Crippen molar-refractivity contribution in [1.29, 1.82) is 0 Å². The van der Waals surface area contributed by atoms with E-state index in [4.69, 9.17) is 11.6 Å². The predicted molar refractivity (Wildman–Crippen MR) is 65.3 cm³/mol. The summed E-state index contributed by atoms with van der Waals surface area (Å²) in [4.78, 5) is 15.7. The fraction of sp³-hybridized carbons (Fsp3) is 0. The number of aromatic nitrogens is 1. The van der Waals surface area contributed by atoms with Gasteiger partial charge in [-0.25, -0.2) is 9.37 Å². The van der Waals surface area contributed by atoms with Crippen LogP contribution in [0.3, 0.4) is 0 Å². The van der Waals surface area contributed by atoms with Crippen LogP contribution in [0.2, 0.25) is 5.02 Å². The molecule has 0 radical (unpaired) electrons. The molecule has 1 heterocycles. The minimum absolute atomic E-state index is 0.0434. The van der Waals surface area contributed by atoms with Gasteiger partial charge in [0.25, 0.3) is 5.91 Å². The van der Waals surface area contributed by atoms with Crippen LogP contribution in [0.4, 0.5) is 10.2 Å². The molecule has 1 amide bonds. The summed E-state index contributed by atoms with van der Waals surface area (Å²) in [6, 6.07) is 6.15. The van der Waals surface area contributed by atoms with Gasteiger partial charge in [0.2, 0.25) is 0 Å². The molecule has 1 aromatic carbocycles. The van der Waals surface area contributed by atoms with Crippen molar-refractivity contribution in [3.05, 3.63) is 52.9 Å². The lowest BCUT2D eigenvalue weighted by Crippen LogP contribution is -2.13. The molecule has 18 heavy (non-hydrogen) atoms. The molecule has 0 saturated carbocycles. The van der Waals surface area contributed by atoms with Crippen molar-refractivity contribution in [3.63, 3.8) is 0 Å². The average Bonchev–Trinajstić information content (AvgIpc) is 2.28. The molecule has 0 atom stereocenters. The van der Waals surface area contributed by atoms with E-state index in [1.54, 1.807) is 6.07 Å². The summed E-state index contributed by atoms with van der Waals surface area (Å²) in [5.74, 6) is -1.40. The molecular formula is C12H8ClFN2O2. The Morgan fingerprint density at radius 2 is 2.11 bits per heavy atom. The number of rotatable bonds is 2. The fourth-order valence-electron chi connectivity index (χ4n) is 1.35. The molecule has 0 spiro atoms. The van der Waals surface area contributed by atoms with Gasteiger partial charge in [-0.2, -0.15) is 0 Å². The molecule has 0 aliphatic carbocycles. The lowest BCUT2D eigenvalue weighted by molar-refractivity contribution is 0.102. The van der Waals surface area contributed by atoms with Gasteiger partial charge in [0, 0.05) is 17.3 Å². The average molecular weight is 267 g/mol. The van der Waals surface area contributed by atoms with Crippen LogP contribution in [0.5, 0.6) is 5.75 Å². The van der Waals surface area contributed by atoms with Gasteiger partial charge in [-0.3, -0.25) is 4.79 Å². The van der Waals surface area contributed by atoms with Gasteiger partial charge in [-0.05, 0) is 24.3 Å². The minimum atomic E-state index is -0.620. The van der Waals surface area contributed by atoms with Crippen molar-refractivity contribution < 1.29 is 14.3 Å². The fourth-order valence-corrected chi connectivity index (χ4v) is 1.51. The highest BCUT2D eigenvalue weighted by atomic mass is 35.5. The first-order chi connectivity index (χ1) is 8.56. The summed E-state index contributed by atoms with van der Waals surface area (Å²) in [5.41, 5.74) is -0.0434. The summed E-state index contributed by atoms with van der Waals surface area (Å²) >= 11 is 5.74. The van der Waals surface area contributed by atoms with Gasteiger partial charge in [-0.1, -0.05) is 11.6 Å². The molecule has 1 aromatic heterocycles. The molecule has 92 valence electrons. The van der Waals surface area contributed by atoms with Crippen LogP contribution in [0.15, 0.2) is 36.5 Å². The first kappa shape index (κ1) is 12.3. The molecular weight excluding hydrogens is 259 g/mol. The van der Waals surface area contributed by atoms with E-state index in [0.29, 0.717) is 5.02 Å². The number of halogens is 2. The van der Waals surface area contributed by atoms with E-state index in [1.165, 1.54) is 18.3 Å². The van der Waals surface area contributed by atoms with E-state index >= 15 is 0 Å². The highest BCUT2D eigenvalue weighted by molar-refractivity contribution is 6.30. The topological polar surface area (TPSA) is 62.2 Å². The number of carbonyl (C=O) groups is 1. The van der Waals surface area contributed by atoms with Crippen LogP contribution in [0.1, 0.15) is 10.4 Å². The SMILES string of the molecule is O=C(Nc1cc(Cl)ccn1)c1ccc(F)cc1O. The number of benzene rings is 1. The Morgan fingerprint density at radius 1 is 1.33 bits per heavy atom. The summed E-state index contributed by atoms with van der Waals surface area (Å²) in [5, 5.41) is 12.3. The highest BCUT2D eigenvalue weighted by Crippen LogP contribution is 2.20. The van der Waals surface area contributed by atoms with E-state index in [0.717, 1.165) is 12.1 Å². The zero-order chi connectivity index (χ0) is 13.1. The number of nitrogens with zero attached hydrogens (tertiary/aromatic N) is 1. The maximum atomic E-state index is 12.8. The molecule has 0 unspecified atom stereocenters. The number of amides is 1. The molecule has 0 bridgehead atoms. The van der Waals surface area contributed by atoms with Gasteiger partial charge in [0.05, 0.1) is 5.56 Å². The van der Waals surface area contributed by atoms with E-state index in [2.05, 4.69) is 10.3 Å². The quantitative estimate of drug-likeness (QED) is 0.879. The van der Waals surface area contributed by atoms with Gasteiger partial charge < -0.3 is 10.4 Å². The second-order valence-electron chi connectivity index (χ2n) is 3.47. The Kier molecular flexibility index (Phi) is 3.43. The third-order valence-corrected chi connectivity index (χ3v) is 2.40. The first-order valence-corrected chi connectivity index (χ1v) is 5.35. The summed E-state index contributed by atoms with van der Waals surface area (Å²) in [6.07, 6.45) is 1.43. The molecule has 0 saturated heterocycles. The van der Waals surface area contributed by atoms with Gasteiger partial charge in [-0.15, -0.1) is 0 Å². The summed E-state index contributed by atoms with van der Waals surface area (Å²) in [6.45, 7) is 0. The van der Waals surface area contributed by atoms with Crippen LogP contribution in [0, 0.1) is 5.82 Å². The molecule has 4 nitrogen and oxygen atoms in total. The Balaban J connectivity index is 2.22. The second-order valence-corrected chi connectivity index (χ2v) is 3.91. The first-order valence-electron chi connectivity index (χ1n) is 4.97. The number of nitrogens with one attached hydrogen (secondary N) is 1. The van der Waals surface area contributed by atoms with Crippen LogP contribution in [0.25, 0.3) is 0 Å². The van der Waals surface area contributed by atoms with E-state index in [-0.39, 0.29) is 11.4 Å². The molecule has 0 aliphatic heterocycles. The van der Waals surface area contributed by atoms with Crippen LogP contribution in [-0.2, 0) is 0 Å². The molecule has 0 aliphatic rings. The van der Waals surface area contributed by atoms with Crippen molar-refractivity contribution in [3.8, 4) is 5.75 Å². The highest BCUT2D eigenvalue weighted by Gasteiger charge is 2.12. The Labute approximate surface area is 107 Å². The van der Waals surface area contributed by atoms with E-state index in [9.17, 15) is 14.3 Å². The number of hydrogen-bond donors (Lipinski definition) is 2. The van der Waals surface area contributed by atoms with Gasteiger partial charge in [0.15, 0.2) is 0 Å². The number of aromatic hydroxyl groups is 1. The van der Waals surface area contributed by atoms with E-state index < -0.39 is 17.5 Å². The largest absolute Gasteiger partial charge is 0.507 e. The van der Waals surface area contributed by atoms with Crippen LogP contribution < -0.4 is 5.32 Å². The monoisotopic (exact) mass is 266 g/mol. The zero-order valence-electron chi connectivity index (χ0n) is 9.02. The standard InChI is InChI=1S/C12H8ClFN2O2/c13-7-3-4-15-11(5-7)16-12(18)9-2-1-8(14)6-10(9)17/h1-6,17H,(H,15,16,18). The Morgan fingerprint density at radius 3 is 2.78 bits per heavy atom. The lowest BCUT2D eigenvalue weighted by atomic mass is 10.2. The number of phenolic OH excluding ortho intramolecular Hbond substituents is 1. The third-order valence-electron chi connectivity index (χ3n) is 2.17. The maximum absolute atomic E-state index is 12.8. The van der Waals surface area contributed by atoms with Gasteiger partial charge in [0.1, 0.15) is 17.4 Å². The minimum Gasteiger partial charge on any atom is -0.507 e. The van der Waals surface area contributed by atoms with E-state index in [1.807, 2.05) is 0 Å². The van der Waals surface area contributed by atoms with Crippen molar-refractivity contribution >= 4 is 23.3 Å². The predicted octanol–water partition coefficient (Wildman–Crippen LogP) is 2.83. The van der Waals surface area contributed by atoms with Crippen molar-refractivity contribution in [1.82, 2.24) is 4.98 Å². The third kappa shape index (κ3) is 2.75. The summed E-state index contributed by atoms with van der Waals surface area (Å²) < 4.78 is 12.8. The number of pyridine rings is 1.